The van der Waals surface area contributed by atoms with Crippen LogP contribution >= 0.6 is 0 Å². The Morgan fingerprint density at radius 1 is 1.29 bits per heavy atom. The summed E-state index contributed by atoms with van der Waals surface area (Å²) in [5, 5.41) is 2.90. The molecule has 1 N–H and O–H groups in total. The molecule has 0 aliphatic rings. The minimum Gasteiger partial charge on any atom is -0.494 e. The molecule has 1 aromatic carbocycles. The molecule has 94 valence electrons. The van der Waals surface area contributed by atoms with Crippen LogP contribution in [0.5, 0.6) is 5.75 Å². The third-order valence-electron chi connectivity index (χ3n) is 2.60. The fourth-order valence-electron chi connectivity index (χ4n) is 1.63. The molecule has 17 heavy (non-hydrogen) atoms. The van der Waals surface area contributed by atoms with Crippen molar-refractivity contribution in [2.75, 3.05) is 11.9 Å². The van der Waals surface area contributed by atoms with Crippen molar-refractivity contribution in [1.29, 1.82) is 0 Å². The lowest BCUT2D eigenvalue weighted by Crippen LogP contribution is -2.20. The molecule has 3 nitrogen and oxygen atoms in total. The summed E-state index contributed by atoms with van der Waals surface area (Å²) in [5.74, 6) is 0.967. The minimum atomic E-state index is 0.0616. The van der Waals surface area contributed by atoms with Crippen molar-refractivity contribution in [3.05, 3.63) is 24.3 Å². The number of hydrogen-bond acceptors (Lipinski definition) is 2. The summed E-state index contributed by atoms with van der Waals surface area (Å²) in [4.78, 5) is 11.8. The molecular formula is C14H21NO2. The quantitative estimate of drug-likeness (QED) is 0.820. The third-order valence-corrected chi connectivity index (χ3v) is 2.60. The van der Waals surface area contributed by atoms with Crippen LogP contribution in [0.4, 0.5) is 5.69 Å². The van der Waals surface area contributed by atoms with Crippen LogP contribution in [0.2, 0.25) is 0 Å². The van der Waals surface area contributed by atoms with Gasteiger partial charge in [0, 0.05) is 11.6 Å². The van der Waals surface area contributed by atoms with Crippen LogP contribution in [-0.2, 0) is 4.79 Å². The summed E-state index contributed by atoms with van der Waals surface area (Å²) in [6.45, 7) is 6.63. The number of benzene rings is 1. The second kappa shape index (κ2) is 6.94. The van der Waals surface area contributed by atoms with E-state index in [1.165, 1.54) is 0 Å². The molecule has 1 atom stereocenters. The number of hydrogen-bond donors (Lipinski definition) is 1. The molecule has 0 saturated carbocycles. The second-order valence-electron chi connectivity index (χ2n) is 4.14. The highest BCUT2D eigenvalue weighted by Gasteiger charge is 2.11. The van der Waals surface area contributed by atoms with Gasteiger partial charge in [-0.15, -0.1) is 0 Å². The highest BCUT2D eigenvalue weighted by atomic mass is 16.5. The lowest BCUT2D eigenvalue weighted by atomic mass is 10.1. The van der Waals surface area contributed by atoms with E-state index in [0.29, 0.717) is 6.61 Å². The smallest absolute Gasteiger partial charge is 0.227 e. The Balaban J connectivity index is 2.53. The molecule has 1 rings (SSSR count). The average molecular weight is 235 g/mol. The lowest BCUT2D eigenvalue weighted by molar-refractivity contribution is -0.119. The van der Waals surface area contributed by atoms with Crippen LogP contribution in [0, 0.1) is 5.92 Å². The topological polar surface area (TPSA) is 38.3 Å². The van der Waals surface area contributed by atoms with Gasteiger partial charge in [-0.3, -0.25) is 4.79 Å². The van der Waals surface area contributed by atoms with Gasteiger partial charge in [-0.05, 0) is 37.6 Å². The number of amides is 1. The molecule has 0 heterocycles. The minimum absolute atomic E-state index is 0.0616. The molecule has 0 aliphatic heterocycles. The second-order valence-corrected chi connectivity index (χ2v) is 4.14. The zero-order chi connectivity index (χ0) is 12.7. The molecule has 0 aliphatic carbocycles. The van der Waals surface area contributed by atoms with Crippen LogP contribution in [-0.4, -0.2) is 12.5 Å². The predicted molar refractivity (Wildman–Crippen MR) is 70.3 cm³/mol. The Bertz CT molecular complexity index is 346. The Morgan fingerprint density at radius 2 is 1.94 bits per heavy atom. The molecule has 0 spiro atoms. The Morgan fingerprint density at radius 3 is 2.47 bits per heavy atom. The van der Waals surface area contributed by atoms with Gasteiger partial charge in [0.05, 0.1) is 6.61 Å². The first-order chi connectivity index (χ1) is 8.17. The van der Waals surface area contributed by atoms with Gasteiger partial charge < -0.3 is 10.1 Å². The average Bonchev–Trinajstić information content (AvgIpc) is 2.32. The van der Waals surface area contributed by atoms with Gasteiger partial charge in [0.2, 0.25) is 5.91 Å². The summed E-state index contributed by atoms with van der Waals surface area (Å²) < 4.78 is 5.34. The summed E-state index contributed by atoms with van der Waals surface area (Å²) in [6, 6.07) is 7.45. The predicted octanol–water partition coefficient (Wildman–Crippen LogP) is 3.46. The molecule has 0 bridgehead atoms. The van der Waals surface area contributed by atoms with Gasteiger partial charge in [0.15, 0.2) is 0 Å². The van der Waals surface area contributed by atoms with Crippen molar-refractivity contribution < 1.29 is 9.53 Å². The van der Waals surface area contributed by atoms with Crippen LogP contribution in [0.15, 0.2) is 24.3 Å². The molecule has 0 saturated heterocycles. The SMILES string of the molecule is CCC[C@@H](C)C(=O)Nc1ccc(OCC)cc1. The van der Waals surface area contributed by atoms with Gasteiger partial charge in [0.25, 0.3) is 0 Å². The van der Waals surface area contributed by atoms with E-state index in [1.54, 1.807) is 0 Å². The van der Waals surface area contributed by atoms with Gasteiger partial charge in [-0.1, -0.05) is 20.3 Å². The van der Waals surface area contributed by atoms with Gasteiger partial charge in [-0.25, -0.2) is 0 Å². The van der Waals surface area contributed by atoms with E-state index >= 15 is 0 Å². The van der Waals surface area contributed by atoms with Gasteiger partial charge in [0.1, 0.15) is 5.75 Å². The Labute approximate surface area is 103 Å². The molecule has 0 radical (unpaired) electrons. The van der Waals surface area contributed by atoms with Crippen LogP contribution in [0.3, 0.4) is 0 Å². The van der Waals surface area contributed by atoms with Crippen molar-refractivity contribution in [1.82, 2.24) is 0 Å². The molecule has 1 amide bonds. The van der Waals surface area contributed by atoms with E-state index in [1.807, 2.05) is 38.1 Å². The monoisotopic (exact) mass is 235 g/mol. The Kier molecular flexibility index (Phi) is 5.53. The van der Waals surface area contributed by atoms with E-state index < -0.39 is 0 Å². The van der Waals surface area contributed by atoms with Gasteiger partial charge in [-0.2, -0.15) is 0 Å². The first-order valence-electron chi connectivity index (χ1n) is 6.21. The number of carbonyl (C=O) groups excluding carboxylic acids is 1. The van der Waals surface area contributed by atoms with Crippen LogP contribution in [0.1, 0.15) is 33.6 Å². The van der Waals surface area contributed by atoms with E-state index in [-0.39, 0.29) is 11.8 Å². The van der Waals surface area contributed by atoms with Crippen LogP contribution < -0.4 is 10.1 Å². The van der Waals surface area contributed by atoms with E-state index in [4.69, 9.17) is 4.74 Å². The normalized spacial score (nSPS) is 11.9. The van der Waals surface area contributed by atoms with Crippen molar-refractivity contribution in [3.63, 3.8) is 0 Å². The molecule has 0 fully saturated rings. The highest BCUT2D eigenvalue weighted by Crippen LogP contribution is 2.17. The zero-order valence-electron chi connectivity index (χ0n) is 10.8. The number of ether oxygens (including phenoxy) is 1. The summed E-state index contributed by atoms with van der Waals surface area (Å²) in [5.41, 5.74) is 0.821. The molecule has 0 unspecified atom stereocenters. The number of anilines is 1. The maximum absolute atomic E-state index is 11.8. The van der Waals surface area contributed by atoms with Crippen molar-refractivity contribution in [3.8, 4) is 5.75 Å². The summed E-state index contributed by atoms with van der Waals surface area (Å²) in [7, 11) is 0. The maximum Gasteiger partial charge on any atom is 0.227 e. The Hall–Kier alpha value is -1.51. The lowest BCUT2D eigenvalue weighted by Gasteiger charge is -2.11. The standard InChI is InChI=1S/C14H21NO2/c1-4-6-11(3)14(16)15-12-7-9-13(10-8-12)17-5-2/h7-11H,4-6H2,1-3H3,(H,15,16)/t11-/m1/s1. The summed E-state index contributed by atoms with van der Waals surface area (Å²) in [6.07, 6.45) is 1.95. The van der Waals surface area contributed by atoms with E-state index in [9.17, 15) is 4.79 Å². The van der Waals surface area contributed by atoms with Crippen LogP contribution in [0.25, 0.3) is 0 Å². The first-order valence-corrected chi connectivity index (χ1v) is 6.21. The fraction of sp³-hybridized carbons (Fsp3) is 0.500. The number of rotatable bonds is 6. The third kappa shape index (κ3) is 4.47. The fourth-order valence-corrected chi connectivity index (χ4v) is 1.63. The molecule has 0 aromatic heterocycles. The highest BCUT2D eigenvalue weighted by molar-refractivity contribution is 5.92. The molecular weight excluding hydrogens is 214 g/mol. The van der Waals surface area contributed by atoms with Crippen molar-refractivity contribution in [2.45, 2.75) is 33.6 Å². The number of nitrogens with one attached hydrogen (secondary N) is 1. The van der Waals surface area contributed by atoms with Crippen molar-refractivity contribution in [2.24, 2.45) is 5.92 Å². The number of carbonyl (C=O) groups is 1. The van der Waals surface area contributed by atoms with E-state index in [2.05, 4.69) is 12.2 Å². The van der Waals surface area contributed by atoms with E-state index in [0.717, 1.165) is 24.3 Å². The zero-order valence-corrected chi connectivity index (χ0v) is 10.8. The van der Waals surface area contributed by atoms with Gasteiger partial charge >= 0.3 is 0 Å². The molecule has 1 aromatic rings. The largest absolute Gasteiger partial charge is 0.494 e. The van der Waals surface area contributed by atoms with Crippen molar-refractivity contribution >= 4 is 11.6 Å². The summed E-state index contributed by atoms with van der Waals surface area (Å²) >= 11 is 0. The molecule has 3 heteroatoms. The maximum atomic E-state index is 11.8. The first kappa shape index (κ1) is 13.6.